The van der Waals surface area contributed by atoms with Crippen molar-refractivity contribution in [1.29, 1.82) is 0 Å². The van der Waals surface area contributed by atoms with Crippen molar-refractivity contribution in [3.63, 3.8) is 0 Å². The second-order valence-electron chi connectivity index (χ2n) is 6.18. The zero-order chi connectivity index (χ0) is 18.5. The summed E-state index contributed by atoms with van der Waals surface area (Å²) in [7, 11) is 3.75. The van der Waals surface area contributed by atoms with Crippen molar-refractivity contribution in [2.24, 2.45) is 0 Å². The molecule has 7 heteroatoms. The SMILES string of the molecule is CC(NC(=O)C=Cc1cnc(N(C)C)nc1)c1ccc2c(c1)OCCO2. The van der Waals surface area contributed by atoms with E-state index in [0.717, 1.165) is 16.9 Å². The van der Waals surface area contributed by atoms with Crippen molar-refractivity contribution in [2.75, 3.05) is 32.2 Å². The lowest BCUT2D eigenvalue weighted by Crippen LogP contribution is -2.25. The maximum atomic E-state index is 12.2. The van der Waals surface area contributed by atoms with Crippen LogP contribution in [0.15, 0.2) is 36.7 Å². The summed E-state index contributed by atoms with van der Waals surface area (Å²) in [6, 6.07) is 5.54. The van der Waals surface area contributed by atoms with Crippen molar-refractivity contribution >= 4 is 17.9 Å². The normalized spacial score (nSPS) is 14.1. The molecule has 1 N–H and O–H groups in total. The largest absolute Gasteiger partial charge is 0.486 e. The van der Waals surface area contributed by atoms with Gasteiger partial charge < -0.3 is 19.7 Å². The fourth-order valence-corrected chi connectivity index (χ4v) is 2.49. The van der Waals surface area contributed by atoms with Crippen LogP contribution in [-0.4, -0.2) is 43.2 Å². The molecule has 7 nitrogen and oxygen atoms in total. The van der Waals surface area contributed by atoms with Gasteiger partial charge in [0.05, 0.1) is 6.04 Å². The molecule has 0 saturated heterocycles. The Morgan fingerprint density at radius 2 is 1.88 bits per heavy atom. The van der Waals surface area contributed by atoms with Crippen LogP contribution in [0, 0.1) is 0 Å². The number of carbonyl (C=O) groups is 1. The van der Waals surface area contributed by atoms with Gasteiger partial charge in [-0.1, -0.05) is 6.07 Å². The van der Waals surface area contributed by atoms with E-state index in [1.54, 1.807) is 18.5 Å². The Labute approximate surface area is 152 Å². The summed E-state index contributed by atoms with van der Waals surface area (Å²) < 4.78 is 11.1. The van der Waals surface area contributed by atoms with Crippen molar-refractivity contribution in [2.45, 2.75) is 13.0 Å². The van der Waals surface area contributed by atoms with Gasteiger partial charge in [0.1, 0.15) is 13.2 Å². The number of aromatic nitrogens is 2. The van der Waals surface area contributed by atoms with Gasteiger partial charge in [-0.15, -0.1) is 0 Å². The van der Waals surface area contributed by atoms with Gasteiger partial charge in [0.2, 0.25) is 11.9 Å². The molecule has 0 bridgehead atoms. The molecule has 3 rings (SSSR count). The van der Waals surface area contributed by atoms with Crippen LogP contribution < -0.4 is 19.7 Å². The highest BCUT2D eigenvalue weighted by molar-refractivity contribution is 5.91. The lowest BCUT2D eigenvalue weighted by molar-refractivity contribution is -0.117. The molecule has 0 spiro atoms. The summed E-state index contributed by atoms with van der Waals surface area (Å²) in [5.41, 5.74) is 1.72. The van der Waals surface area contributed by atoms with Gasteiger partial charge in [0.15, 0.2) is 11.5 Å². The predicted octanol–water partition coefficient (Wildman–Crippen LogP) is 2.20. The van der Waals surface area contributed by atoms with Gasteiger partial charge in [-0.3, -0.25) is 4.79 Å². The monoisotopic (exact) mass is 354 g/mol. The van der Waals surface area contributed by atoms with Crippen molar-refractivity contribution in [1.82, 2.24) is 15.3 Å². The molecule has 0 radical (unpaired) electrons. The fourth-order valence-electron chi connectivity index (χ4n) is 2.49. The number of fused-ring (bicyclic) bond motifs is 1. The first-order chi connectivity index (χ1) is 12.5. The third-order valence-corrected chi connectivity index (χ3v) is 3.91. The third-order valence-electron chi connectivity index (χ3n) is 3.91. The Balaban J connectivity index is 1.60. The molecule has 1 amide bonds. The second kappa shape index (κ2) is 7.86. The van der Waals surface area contributed by atoms with Gasteiger partial charge in [-0.05, 0) is 30.7 Å². The number of nitrogens with one attached hydrogen (secondary N) is 1. The molecule has 1 unspecified atom stereocenters. The van der Waals surface area contributed by atoms with Gasteiger partial charge >= 0.3 is 0 Å². The minimum atomic E-state index is -0.191. The third kappa shape index (κ3) is 4.30. The van der Waals surface area contributed by atoms with E-state index in [4.69, 9.17) is 9.47 Å². The first kappa shape index (κ1) is 17.7. The Hall–Kier alpha value is -3.09. The Morgan fingerprint density at radius 1 is 1.19 bits per heavy atom. The van der Waals surface area contributed by atoms with Crippen LogP contribution in [0.3, 0.4) is 0 Å². The van der Waals surface area contributed by atoms with Crippen molar-refractivity contribution in [3.05, 3.63) is 47.8 Å². The van der Waals surface area contributed by atoms with E-state index in [0.29, 0.717) is 24.9 Å². The predicted molar refractivity (Wildman–Crippen MR) is 99.4 cm³/mol. The highest BCUT2D eigenvalue weighted by Crippen LogP contribution is 2.32. The topological polar surface area (TPSA) is 76.6 Å². The molecule has 1 aromatic carbocycles. The lowest BCUT2D eigenvalue weighted by atomic mass is 10.1. The molecule has 26 heavy (non-hydrogen) atoms. The molecule has 1 aliphatic heterocycles. The van der Waals surface area contributed by atoms with Crippen LogP contribution in [0.2, 0.25) is 0 Å². The van der Waals surface area contributed by atoms with Crippen LogP contribution in [0.1, 0.15) is 24.1 Å². The Kier molecular flexibility index (Phi) is 5.36. The molecular weight excluding hydrogens is 332 g/mol. The lowest BCUT2D eigenvalue weighted by Gasteiger charge is -2.20. The van der Waals surface area contributed by atoms with E-state index in [2.05, 4.69) is 15.3 Å². The zero-order valence-electron chi connectivity index (χ0n) is 15.1. The van der Waals surface area contributed by atoms with E-state index in [9.17, 15) is 4.79 Å². The second-order valence-corrected chi connectivity index (χ2v) is 6.18. The molecule has 2 aromatic rings. The zero-order valence-corrected chi connectivity index (χ0v) is 15.1. The molecule has 2 heterocycles. The van der Waals surface area contributed by atoms with Crippen LogP contribution >= 0.6 is 0 Å². The van der Waals surface area contributed by atoms with Crippen LogP contribution in [0.5, 0.6) is 11.5 Å². The van der Waals surface area contributed by atoms with E-state index in [1.165, 1.54) is 6.08 Å². The first-order valence-corrected chi connectivity index (χ1v) is 8.40. The summed E-state index contributed by atoms with van der Waals surface area (Å²) in [5.74, 6) is 1.88. The first-order valence-electron chi connectivity index (χ1n) is 8.40. The number of amides is 1. The van der Waals surface area contributed by atoms with E-state index in [1.807, 2.05) is 44.1 Å². The maximum absolute atomic E-state index is 12.2. The van der Waals surface area contributed by atoms with Crippen molar-refractivity contribution in [3.8, 4) is 11.5 Å². The van der Waals surface area contributed by atoms with Gasteiger partial charge in [-0.2, -0.15) is 0 Å². The fraction of sp³-hybridized carbons (Fsp3) is 0.316. The molecule has 1 aromatic heterocycles. The average molecular weight is 354 g/mol. The molecular formula is C19H22N4O3. The quantitative estimate of drug-likeness (QED) is 0.830. The highest BCUT2D eigenvalue weighted by Gasteiger charge is 2.15. The Morgan fingerprint density at radius 3 is 2.58 bits per heavy atom. The van der Waals surface area contributed by atoms with Gasteiger partial charge in [0.25, 0.3) is 0 Å². The number of nitrogens with zero attached hydrogens (tertiary/aromatic N) is 3. The molecule has 1 aliphatic rings. The average Bonchev–Trinajstić information content (AvgIpc) is 2.66. The molecule has 0 saturated carbocycles. The smallest absolute Gasteiger partial charge is 0.244 e. The van der Waals surface area contributed by atoms with E-state index in [-0.39, 0.29) is 11.9 Å². The molecule has 1 atom stereocenters. The standard InChI is InChI=1S/C19H22N4O3/c1-13(15-5-6-16-17(10-15)26-9-8-25-16)22-18(24)7-4-14-11-20-19(21-12-14)23(2)3/h4-7,10-13H,8-9H2,1-3H3,(H,22,24). The number of rotatable bonds is 5. The minimum Gasteiger partial charge on any atom is -0.486 e. The van der Waals surface area contributed by atoms with Crippen molar-refractivity contribution < 1.29 is 14.3 Å². The van der Waals surface area contributed by atoms with Gasteiger partial charge in [-0.25, -0.2) is 9.97 Å². The molecule has 0 fully saturated rings. The number of anilines is 1. The van der Waals surface area contributed by atoms with E-state index >= 15 is 0 Å². The summed E-state index contributed by atoms with van der Waals surface area (Å²) >= 11 is 0. The minimum absolute atomic E-state index is 0.157. The van der Waals surface area contributed by atoms with E-state index < -0.39 is 0 Å². The van der Waals surface area contributed by atoms with Crippen LogP contribution in [-0.2, 0) is 4.79 Å². The molecule has 136 valence electrons. The summed E-state index contributed by atoms with van der Waals surface area (Å²) in [6.07, 6.45) is 6.51. The number of hydrogen-bond acceptors (Lipinski definition) is 6. The highest BCUT2D eigenvalue weighted by atomic mass is 16.6. The Bertz CT molecular complexity index is 803. The number of ether oxygens (including phenoxy) is 2. The van der Waals surface area contributed by atoms with Gasteiger partial charge in [0, 0.05) is 38.1 Å². The molecule has 0 aliphatic carbocycles. The summed E-state index contributed by atoms with van der Waals surface area (Å²) in [6.45, 7) is 3.02. The number of hydrogen-bond donors (Lipinski definition) is 1. The maximum Gasteiger partial charge on any atom is 0.244 e. The van der Waals surface area contributed by atoms with Crippen LogP contribution in [0.4, 0.5) is 5.95 Å². The number of carbonyl (C=O) groups excluding carboxylic acids is 1. The van der Waals surface area contributed by atoms with Crippen LogP contribution in [0.25, 0.3) is 6.08 Å². The summed E-state index contributed by atoms with van der Waals surface area (Å²) in [5, 5.41) is 2.93. The summed E-state index contributed by atoms with van der Waals surface area (Å²) in [4.78, 5) is 22.4. The number of benzene rings is 1.